The number of hydrogen-bond acceptors (Lipinski definition) is 3. The minimum atomic E-state index is 0.291. The van der Waals surface area contributed by atoms with Crippen LogP contribution in [0.2, 0.25) is 0 Å². The van der Waals surface area contributed by atoms with Gasteiger partial charge in [-0.25, -0.2) is 9.50 Å². The van der Waals surface area contributed by atoms with Gasteiger partial charge in [-0.2, -0.15) is 0 Å². The average molecular weight is 184 g/mol. The zero-order chi connectivity index (χ0) is 9.54. The molecule has 0 atom stereocenters. The molecule has 2 heterocycles. The van der Waals surface area contributed by atoms with Gasteiger partial charge in [-0.3, -0.25) is 0 Å². The second kappa shape index (κ2) is 2.45. The molecule has 14 heavy (non-hydrogen) atoms. The number of hydrogen-bond donors (Lipinski definition) is 1. The van der Waals surface area contributed by atoms with E-state index in [4.69, 9.17) is 5.73 Å². The lowest BCUT2D eigenvalue weighted by molar-refractivity contribution is 0.946. The van der Waals surface area contributed by atoms with E-state index < -0.39 is 0 Å². The predicted molar refractivity (Wildman–Crippen MR) is 54.9 cm³/mol. The van der Waals surface area contributed by atoms with Crippen molar-refractivity contribution >= 4 is 22.4 Å². The number of para-hydroxylation sites is 1. The molecule has 2 N–H and O–H groups in total. The molecule has 0 saturated heterocycles. The molecule has 0 fully saturated rings. The fourth-order valence-corrected chi connectivity index (χ4v) is 1.63. The number of nitrogens with two attached hydrogens (primary N) is 1. The molecule has 0 bridgehead atoms. The summed E-state index contributed by atoms with van der Waals surface area (Å²) in [5.41, 5.74) is 7.54. The molecule has 4 heteroatoms. The standard InChI is InChI=1S/C10H8N4/c11-10-12-6-8-5-7-3-1-2-4-9(7)14(8)13-10/h1-6H,(H2,11,13). The quantitative estimate of drug-likeness (QED) is 0.575. The van der Waals surface area contributed by atoms with Crippen LogP contribution in [0.1, 0.15) is 0 Å². The van der Waals surface area contributed by atoms with E-state index in [1.54, 1.807) is 10.7 Å². The van der Waals surface area contributed by atoms with Crippen molar-refractivity contribution in [2.75, 3.05) is 5.73 Å². The molecule has 0 unspecified atom stereocenters. The first-order valence-corrected chi connectivity index (χ1v) is 4.33. The molecule has 0 aliphatic carbocycles. The Morgan fingerprint density at radius 3 is 3.00 bits per heavy atom. The lowest BCUT2D eigenvalue weighted by Crippen LogP contribution is -1.99. The monoisotopic (exact) mass is 184 g/mol. The third-order valence-corrected chi connectivity index (χ3v) is 2.24. The van der Waals surface area contributed by atoms with Crippen LogP contribution in [0.5, 0.6) is 0 Å². The Bertz CT molecular complexity index is 612. The summed E-state index contributed by atoms with van der Waals surface area (Å²) in [6, 6.07) is 10.1. The highest BCUT2D eigenvalue weighted by Crippen LogP contribution is 2.18. The Kier molecular flexibility index (Phi) is 1.28. The minimum Gasteiger partial charge on any atom is -0.367 e. The number of fused-ring (bicyclic) bond motifs is 3. The lowest BCUT2D eigenvalue weighted by Gasteiger charge is -1.95. The van der Waals surface area contributed by atoms with Gasteiger partial charge in [0.2, 0.25) is 5.95 Å². The molecule has 0 saturated carbocycles. The van der Waals surface area contributed by atoms with Crippen molar-refractivity contribution in [1.82, 2.24) is 14.6 Å². The summed E-state index contributed by atoms with van der Waals surface area (Å²) >= 11 is 0. The Labute approximate surface area is 80.0 Å². The molecule has 0 amide bonds. The van der Waals surface area contributed by atoms with Crippen molar-refractivity contribution in [1.29, 1.82) is 0 Å². The van der Waals surface area contributed by atoms with E-state index in [0.29, 0.717) is 5.95 Å². The van der Waals surface area contributed by atoms with Crippen LogP contribution in [-0.2, 0) is 0 Å². The molecule has 0 spiro atoms. The van der Waals surface area contributed by atoms with Gasteiger partial charge in [0.05, 0.1) is 17.2 Å². The molecule has 0 aliphatic heterocycles. The topological polar surface area (TPSA) is 56.2 Å². The van der Waals surface area contributed by atoms with E-state index in [1.165, 1.54) is 0 Å². The highest BCUT2D eigenvalue weighted by atomic mass is 15.3. The van der Waals surface area contributed by atoms with Crippen LogP contribution in [0.25, 0.3) is 16.4 Å². The van der Waals surface area contributed by atoms with Crippen molar-refractivity contribution < 1.29 is 0 Å². The second-order valence-electron chi connectivity index (χ2n) is 3.16. The number of anilines is 1. The smallest absolute Gasteiger partial charge is 0.238 e. The molecule has 0 aliphatic rings. The summed E-state index contributed by atoms with van der Waals surface area (Å²) in [6.45, 7) is 0. The molecule has 3 aromatic rings. The second-order valence-corrected chi connectivity index (χ2v) is 3.16. The molecular formula is C10H8N4. The van der Waals surface area contributed by atoms with Gasteiger partial charge in [0.1, 0.15) is 0 Å². The number of nitrogens with zero attached hydrogens (tertiary/aromatic N) is 3. The van der Waals surface area contributed by atoms with Crippen LogP contribution in [0, 0.1) is 0 Å². The van der Waals surface area contributed by atoms with Crippen LogP contribution in [0.15, 0.2) is 36.5 Å². The Morgan fingerprint density at radius 1 is 1.21 bits per heavy atom. The van der Waals surface area contributed by atoms with Crippen molar-refractivity contribution in [2.45, 2.75) is 0 Å². The SMILES string of the molecule is Nc1ncc2cc3ccccc3n2n1. The van der Waals surface area contributed by atoms with Gasteiger partial charge in [-0.1, -0.05) is 18.2 Å². The molecule has 4 nitrogen and oxygen atoms in total. The van der Waals surface area contributed by atoms with E-state index in [2.05, 4.69) is 10.1 Å². The predicted octanol–water partition coefficient (Wildman–Crippen LogP) is 1.46. The van der Waals surface area contributed by atoms with Crippen LogP contribution in [-0.4, -0.2) is 14.6 Å². The first-order valence-electron chi connectivity index (χ1n) is 4.33. The van der Waals surface area contributed by atoms with Gasteiger partial charge < -0.3 is 5.73 Å². The first kappa shape index (κ1) is 7.32. The molecule has 0 radical (unpaired) electrons. The van der Waals surface area contributed by atoms with Crippen molar-refractivity contribution in [3.8, 4) is 0 Å². The van der Waals surface area contributed by atoms with Crippen molar-refractivity contribution in [3.05, 3.63) is 36.5 Å². The van der Waals surface area contributed by atoms with Crippen LogP contribution < -0.4 is 5.73 Å². The summed E-state index contributed by atoms with van der Waals surface area (Å²) in [4.78, 5) is 3.95. The summed E-state index contributed by atoms with van der Waals surface area (Å²) in [7, 11) is 0. The Balaban J connectivity index is 2.58. The fraction of sp³-hybridized carbons (Fsp3) is 0. The minimum absolute atomic E-state index is 0.291. The summed E-state index contributed by atoms with van der Waals surface area (Å²) < 4.78 is 1.80. The van der Waals surface area contributed by atoms with Gasteiger partial charge in [-0.15, -0.1) is 5.10 Å². The lowest BCUT2D eigenvalue weighted by atomic mass is 10.2. The summed E-state index contributed by atoms with van der Waals surface area (Å²) in [6.07, 6.45) is 1.72. The first-order chi connectivity index (χ1) is 6.84. The Morgan fingerprint density at radius 2 is 2.07 bits per heavy atom. The third-order valence-electron chi connectivity index (χ3n) is 2.24. The zero-order valence-corrected chi connectivity index (χ0v) is 7.38. The summed E-state index contributed by atoms with van der Waals surface area (Å²) in [5.74, 6) is 0.291. The van der Waals surface area contributed by atoms with E-state index in [1.807, 2.05) is 30.3 Å². The number of nitrogen functional groups attached to an aromatic ring is 1. The van der Waals surface area contributed by atoms with Crippen LogP contribution in [0.4, 0.5) is 5.95 Å². The summed E-state index contributed by atoms with van der Waals surface area (Å²) in [5, 5.41) is 5.29. The maximum Gasteiger partial charge on any atom is 0.238 e. The highest BCUT2D eigenvalue weighted by Gasteiger charge is 2.02. The van der Waals surface area contributed by atoms with E-state index >= 15 is 0 Å². The molecule has 2 aromatic heterocycles. The van der Waals surface area contributed by atoms with Gasteiger partial charge in [0.25, 0.3) is 0 Å². The number of aromatic nitrogens is 3. The van der Waals surface area contributed by atoms with E-state index in [-0.39, 0.29) is 0 Å². The number of rotatable bonds is 0. The van der Waals surface area contributed by atoms with Gasteiger partial charge >= 0.3 is 0 Å². The van der Waals surface area contributed by atoms with Crippen molar-refractivity contribution in [2.24, 2.45) is 0 Å². The maximum atomic E-state index is 5.53. The number of benzene rings is 1. The van der Waals surface area contributed by atoms with Gasteiger partial charge in [0.15, 0.2) is 0 Å². The maximum absolute atomic E-state index is 5.53. The molecule has 1 aromatic carbocycles. The Hall–Kier alpha value is -2.10. The van der Waals surface area contributed by atoms with E-state index in [9.17, 15) is 0 Å². The fourth-order valence-electron chi connectivity index (χ4n) is 1.63. The van der Waals surface area contributed by atoms with Crippen molar-refractivity contribution in [3.63, 3.8) is 0 Å². The van der Waals surface area contributed by atoms with Crippen LogP contribution >= 0.6 is 0 Å². The molecular weight excluding hydrogens is 176 g/mol. The largest absolute Gasteiger partial charge is 0.367 e. The van der Waals surface area contributed by atoms with Crippen LogP contribution in [0.3, 0.4) is 0 Å². The third kappa shape index (κ3) is 0.877. The van der Waals surface area contributed by atoms with Gasteiger partial charge in [0, 0.05) is 5.39 Å². The average Bonchev–Trinajstić information content (AvgIpc) is 2.56. The van der Waals surface area contributed by atoms with E-state index in [0.717, 1.165) is 16.4 Å². The highest BCUT2D eigenvalue weighted by molar-refractivity contribution is 5.86. The zero-order valence-electron chi connectivity index (χ0n) is 7.38. The molecule has 68 valence electrons. The molecule has 3 rings (SSSR count). The normalized spacial score (nSPS) is 11.1. The van der Waals surface area contributed by atoms with Gasteiger partial charge in [-0.05, 0) is 12.1 Å².